The molecule has 3 rings (SSSR count). The van der Waals surface area contributed by atoms with Gasteiger partial charge in [0.05, 0.1) is 5.56 Å². The molecule has 1 fully saturated rings. The molecule has 0 N–H and O–H groups in total. The summed E-state index contributed by atoms with van der Waals surface area (Å²) in [6.45, 7) is 5.86. The summed E-state index contributed by atoms with van der Waals surface area (Å²) in [5, 5.41) is 0. The Hall–Kier alpha value is -2.50. The number of carbonyl (C=O) groups is 1. The molecule has 0 spiro atoms. The summed E-state index contributed by atoms with van der Waals surface area (Å²) in [7, 11) is 0. The van der Waals surface area contributed by atoms with Gasteiger partial charge in [-0.15, -0.1) is 0 Å². The SMILES string of the molecule is Cc1ccc(C)c(C(=O)N2CCN(c3cccc(C(F)(F)F)c3)CC2)c1. The van der Waals surface area contributed by atoms with Gasteiger partial charge in [0.15, 0.2) is 0 Å². The van der Waals surface area contributed by atoms with Crippen LogP contribution in [0.5, 0.6) is 0 Å². The van der Waals surface area contributed by atoms with Crippen LogP contribution in [0.2, 0.25) is 0 Å². The van der Waals surface area contributed by atoms with Gasteiger partial charge < -0.3 is 9.80 Å². The van der Waals surface area contributed by atoms with Crippen molar-refractivity contribution in [3.8, 4) is 0 Å². The molecule has 6 heteroatoms. The number of hydrogen-bond acceptors (Lipinski definition) is 2. The quantitative estimate of drug-likeness (QED) is 0.796. The lowest BCUT2D eigenvalue weighted by Crippen LogP contribution is -2.49. The lowest BCUT2D eigenvalue weighted by Gasteiger charge is -2.36. The second-order valence-corrected chi connectivity index (χ2v) is 6.65. The number of alkyl halides is 3. The van der Waals surface area contributed by atoms with Gasteiger partial charge >= 0.3 is 6.18 Å². The number of anilines is 1. The molecule has 0 saturated carbocycles. The third-order valence-electron chi connectivity index (χ3n) is 4.73. The van der Waals surface area contributed by atoms with Gasteiger partial charge in [-0.1, -0.05) is 23.8 Å². The third-order valence-corrected chi connectivity index (χ3v) is 4.73. The van der Waals surface area contributed by atoms with Gasteiger partial charge in [-0.3, -0.25) is 4.79 Å². The van der Waals surface area contributed by atoms with E-state index in [1.54, 1.807) is 11.0 Å². The van der Waals surface area contributed by atoms with E-state index in [1.165, 1.54) is 12.1 Å². The third kappa shape index (κ3) is 3.84. The van der Waals surface area contributed by atoms with Crippen molar-refractivity contribution in [2.24, 2.45) is 0 Å². The first-order chi connectivity index (χ1) is 12.3. The maximum absolute atomic E-state index is 12.9. The number of amides is 1. The van der Waals surface area contributed by atoms with Crippen LogP contribution in [0.4, 0.5) is 18.9 Å². The summed E-state index contributed by atoms with van der Waals surface area (Å²) < 4.78 is 38.7. The minimum absolute atomic E-state index is 0.0186. The molecule has 2 aromatic carbocycles. The largest absolute Gasteiger partial charge is 0.416 e. The van der Waals surface area contributed by atoms with E-state index in [0.29, 0.717) is 37.4 Å². The molecule has 0 radical (unpaired) electrons. The number of halogens is 3. The Morgan fingerprint density at radius 2 is 1.65 bits per heavy atom. The molecule has 0 aromatic heterocycles. The number of benzene rings is 2. The Balaban J connectivity index is 1.70. The zero-order valence-corrected chi connectivity index (χ0v) is 14.8. The summed E-state index contributed by atoms with van der Waals surface area (Å²) in [5.74, 6) is -0.0186. The molecule has 1 amide bonds. The van der Waals surface area contributed by atoms with E-state index in [2.05, 4.69) is 0 Å². The van der Waals surface area contributed by atoms with E-state index in [0.717, 1.165) is 17.2 Å². The first kappa shape index (κ1) is 18.3. The van der Waals surface area contributed by atoms with Crippen LogP contribution >= 0.6 is 0 Å². The Morgan fingerprint density at radius 3 is 2.31 bits per heavy atom. The van der Waals surface area contributed by atoms with Crippen LogP contribution in [0.1, 0.15) is 27.0 Å². The van der Waals surface area contributed by atoms with E-state index < -0.39 is 11.7 Å². The second kappa shape index (κ2) is 7.02. The molecular formula is C20H21F3N2O. The number of carbonyl (C=O) groups excluding carboxylic acids is 1. The van der Waals surface area contributed by atoms with Gasteiger partial charge in [0.25, 0.3) is 5.91 Å². The summed E-state index contributed by atoms with van der Waals surface area (Å²) in [6.07, 6.45) is -4.35. The van der Waals surface area contributed by atoms with Crippen LogP contribution in [0, 0.1) is 13.8 Å². The van der Waals surface area contributed by atoms with E-state index in [1.807, 2.05) is 36.9 Å². The Labute approximate surface area is 151 Å². The predicted octanol–water partition coefficient (Wildman–Crippen LogP) is 4.28. The topological polar surface area (TPSA) is 23.6 Å². The highest BCUT2D eigenvalue weighted by atomic mass is 19.4. The van der Waals surface area contributed by atoms with Crippen LogP contribution in [0.25, 0.3) is 0 Å². The van der Waals surface area contributed by atoms with Crippen LogP contribution in [0.3, 0.4) is 0 Å². The molecular weight excluding hydrogens is 341 g/mol. The number of aryl methyl sites for hydroxylation is 2. The molecule has 3 nitrogen and oxygen atoms in total. The summed E-state index contributed by atoms with van der Waals surface area (Å²) in [6, 6.07) is 11.1. The van der Waals surface area contributed by atoms with Crippen molar-refractivity contribution in [2.45, 2.75) is 20.0 Å². The smallest absolute Gasteiger partial charge is 0.368 e. The summed E-state index contributed by atoms with van der Waals surface area (Å²) in [5.41, 5.74) is 2.54. The molecule has 26 heavy (non-hydrogen) atoms. The fourth-order valence-corrected chi connectivity index (χ4v) is 3.18. The van der Waals surface area contributed by atoms with E-state index in [4.69, 9.17) is 0 Å². The fraction of sp³-hybridized carbons (Fsp3) is 0.350. The highest BCUT2D eigenvalue weighted by molar-refractivity contribution is 5.96. The number of hydrogen-bond donors (Lipinski definition) is 0. The van der Waals surface area contributed by atoms with Crippen LogP contribution < -0.4 is 4.90 Å². The fourth-order valence-electron chi connectivity index (χ4n) is 3.18. The van der Waals surface area contributed by atoms with Crippen molar-refractivity contribution in [1.82, 2.24) is 4.90 Å². The van der Waals surface area contributed by atoms with E-state index in [-0.39, 0.29) is 5.91 Å². The molecule has 138 valence electrons. The minimum Gasteiger partial charge on any atom is -0.368 e. The molecule has 0 aliphatic carbocycles. The van der Waals surface area contributed by atoms with E-state index in [9.17, 15) is 18.0 Å². The van der Waals surface area contributed by atoms with Crippen LogP contribution in [-0.4, -0.2) is 37.0 Å². The maximum Gasteiger partial charge on any atom is 0.416 e. The molecule has 0 bridgehead atoms. The van der Waals surface area contributed by atoms with Gasteiger partial charge in [-0.2, -0.15) is 13.2 Å². The lowest BCUT2D eigenvalue weighted by atomic mass is 10.0. The normalized spacial score (nSPS) is 15.3. The highest BCUT2D eigenvalue weighted by Crippen LogP contribution is 2.32. The van der Waals surface area contributed by atoms with Crippen molar-refractivity contribution in [3.63, 3.8) is 0 Å². The van der Waals surface area contributed by atoms with Gasteiger partial charge in [0.1, 0.15) is 0 Å². The van der Waals surface area contributed by atoms with Gasteiger partial charge in [0, 0.05) is 37.4 Å². The number of rotatable bonds is 2. The van der Waals surface area contributed by atoms with Crippen LogP contribution in [0.15, 0.2) is 42.5 Å². The zero-order chi connectivity index (χ0) is 18.9. The molecule has 1 aliphatic rings. The molecule has 0 unspecified atom stereocenters. The highest BCUT2D eigenvalue weighted by Gasteiger charge is 2.31. The monoisotopic (exact) mass is 362 g/mol. The van der Waals surface area contributed by atoms with Crippen molar-refractivity contribution < 1.29 is 18.0 Å². The van der Waals surface area contributed by atoms with Crippen molar-refractivity contribution >= 4 is 11.6 Å². The predicted molar refractivity (Wildman–Crippen MR) is 95.5 cm³/mol. The van der Waals surface area contributed by atoms with Gasteiger partial charge in [-0.05, 0) is 43.7 Å². The summed E-state index contributed by atoms with van der Waals surface area (Å²) >= 11 is 0. The molecule has 0 atom stereocenters. The molecule has 1 aliphatic heterocycles. The molecule has 1 saturated heterocycles. The first-order valence-electron chi connectivity index (χ1n) is 8.54. The van der Waals surface area contributed by atoms with Crippen LogP contribution in [-0.2, 0) is 6.18 Å². The summed E-state index contributed by atoms with van der Waals surface area (Å²) in [4.78, 5) is 16.4. The zero-order valence-electron chi connectivity index (χ0n) is 14.8. The average molecular weight is 362 g/mol. The first-order valence-corrected chi connectivity index (χ1v) is 8.54. The molecule has 1 heterocycles. The molecule has 2 aromatic rings. The number of nitrogens with zero attached hydrogens (tertiary/aromatic N) is 2. The Kier molecular flexibility index (Phi) is 4.94. The lowest BCUT2D eigenvalue weighted by molar-refractivity contribution is -0.137. The average Bonchev–Trinajstić information content (AvgIpc) is 2.63. The number of piperazine rings is 1. The minimum atomic E-state index is -4.35. The van der Waals surface area contributed by atoms with E-state index >= 15 is 0 Å². The van der Waals surface area contributed by atoms with Crippen molar-refractivity contribution in [3.05, 3.63) is 64.7 Å². The second-order valence-electron chi connectivity index (χ2n) is 6.65. The standard InChI is InChI=1S/C20H21F3N2O/c1-14-6-7-15(2)18(12-14)19(26)25-10-8-24(9-11-25)17-5-3-4-16(13-17)20(21,22)23/h3-7,12-13H,8-11H2,1-2H3. The Bertz CT molecular complexity index is 809. The van der Waals surface area contributed by atoms with Gasteiger partial charge in [-0.25, -0.2) is 0 Å². The van der Waals surface area contributed by atoms with Gasteiger partial charge in [0.2, 0.25) is 0 Å². The Morgan fingerprint density at radius 1 is 0.962 bits per heavy atom. The van der Waals surface area contributed by atoms with Crippen molar-refractivity contribution in [1.29, 1.82) is 0 Å². The maximum atomic E-state index is 12.9. The van der Waals surface area contributed by atoms with Crippen molar-refractivity contribution in [2.75, 3.05) is 31.1 Å².